The van der Waals surface area contributed by atoms with Crippen molar-refractivity contribution < 1.29 is 14.6 Å². The number of piperazine rings is 1. The molecule has 2 heterocycles. The number of hydrogen-bond donors (Lipinski definition) is 1. The van der Waals surface area contributed by atoms with E-state index in [1.807, 2.05) is 6.07 Å². The van der Waals surface area contributed by atoms with Gasteiger partial charge in [-0.3, -0.25) is 9.80 Å². The lowest BCUT2D eigenvalue weighted by atomic mass is 9.99. The maximum absolute atomic E-state index is 10.1. The van der Waals surface area contributed by atoms with Crippen molar-refractivity contribution in [2.45, 2.75) is 37.6 Å². The van der Waals surface area contributed by atoms with E-state index in [0.717, 1.165) is 50.5 Å². The molecule has 3 atom stereocenters. The third-order valence-corrected chi connectivity index (χ3v) is 6.06. The highest BCUT2D eigenvalue weighted by molar-refractivity contribution is 5.42. The van der Waals surface area contributed by atoms with E-state index in [4.69, 9.17) is 9.47 Å². The van der Waals surface area contributed by atoms with Gasteiger partial charge in [-0.25, -0.2) is 0 Å². The van der Waals surface area contributed by atoms with Crippen molar-refractivity contribution in [2.75, 3.05) is 33.9 Å². The Morgan fingerprint density at radius 3 is 2.46 bits per heavy atom. The van der Waals surface area contributed by atoms with E-state index in [2.05, 4.69) is 52.3 Å². The van der Waals surface area contributed by atoms with E-state index < -0.39 is 0 Å². The van der Waals surface area contributed by atoms with Crippen LogP contribution in [-0.2, 0) is 13.0 Å². The van der Waals surface area contributed by atoms with Gasteiger partial charge in [-0.15, -0.1) is 0 Å². The molecule has 0 radical (unpaired) electrons. The van der Waals surface area contributed by atoms with Crippen LogP contribution in [0.1, 0.15) is 17.5 Å². The van der Waals surface area contributed by atoms with Crippen molar-refractivity contribution >= 4 is 0 Å². The molecule has 2 aromatic carbocycles. The number of fused-ring (bicyclic) bond motifs is 1. The van der Waals surface area contributed by atoms with Crippen LogP contribution in [0.2, 0.25) is 0 Å². The minimum Gasteiger partial charge on any atom is -0.493 e. The fraction of sp³-hybridized carbons (Fsp3) is 0.478. The molecular formula is C23H30N2O3. The van der Waals surface area contributed by atoms with Crippen LogP contribution in [-0.4, -0.2) is 66.9 Å². The van der Waals surface area contributed by atoms with Gasteiger partial charge in [0.05, 0.1) is 20.3 Å². The normalized spacial score (nSPS) is 25.5. The highest BCUT2D eigenvalue weighted by Crippen LogP contribution is 2.31. The molecule has 5 nitrogen and oxygen atoms in total. The molecular weight excluding hydrogens is 352 g/mol. The monoisotopic (exact) mass is 382 g/mol. The zero-order valence-electron chi connectivity index (χ0n) is 16.8. The summed E-state index contributed by atoms with van der Waals surface area (Å²) in [5.74, 6) is 1.53. The first-order chi connectivity index (χ1) is 13.7. The first kappa shape index (κ1) is 19.2. The number of aliphatic hydroxyl groups excluding tert-OH is 1. The zero-order valence-corrected chi connectivity index (χ0v) is 16.8. The van der Waals surface area contributed by atoms with E-state index >= 15 is 0 Å². The lowest BCUT2D eigenvalue weighted by Crippen LogP contribution is -2.56. The second-order valence-corrected chi connectivity index (χ2v) is 7.96. The Labute approximate surface area is 167 Å². The first-order valence-electron chi connectivity index (χ1n) is 10.1. The third-order valence-electron chi connectivity index (χ3n) is 6.06. The van der Waals surface area contributed by atoms with Gasteiger partial charge in [0.25, 0.3) is 0 Å². The summed E-state index contributed by atoms with van der Waals surface area (Å²) in [5.41, 5.74) is 2.59. The number of ether oxygens (including phenoxy) is 2. The standard InChI is InChI=1S/C23H30N2O3/c1-27-22-9-8-18(11-23(22)28-2)13-24-15-20-12-21(26)16-25(20)14-19(24)10-17-6-4-3-5-7-17/h3-9,11,19-21,26H,10,12-16H2,1-2H3/t19-,20-,21+/m0/s1. The fourth-order valence-electron chi connectivity index (χ4n) is 4.66. The molecule has 0 amide bonds. The van der Waals surface area contributed by atoms with Crippen molar-refractivity contribution in [3.63, 3.8) is 0 Å². The number of methoxy groups -OCH3 is 2. The van der Waals surface area contributed by atoms with Gasteiger partial charge in [0.1, 0.15) is 0 Å². The average Bonchev–Trinajstić information content (AvgIpc) is 3.07. The Morgan fingerprint density at radius 2 is 1.71 bits per heavy atom. The summed E-state index contributed by atoms with van der Waals surface area (Å²) in [6.45, 7) is 3.67. The van der Waals surface area contributed by atoms with Crippen LogP contribution in [0.25, 0.3) is 0 Å². The summed E-state index contributed by atoms with van der Waals surface area (Å²) in [7, 11) is 3.34. The minimum atomic E-state index is -0.191. The molecule has 4 rings (SSSR count). The number of rotatable bonds is 6. The molecule has 2 aliphatic heterocycles. The Bertz CT molecular complexity index is 783. The Balaban J connectivity index is 1.54. The molecule has 5 heteroatoms. The zero-order chi connectivity index (χ0) is 19.5. The Hall–Kier alpha value is -2.08. The maximum Gasteiger partial charge on any atom is 0.161 e. The van der Waals surface area contributed by atoms with Crippen molar-refractivity contribution in [1.82, 2.24) is 9.80 Å². The van der Waals surface area contributed by atoms with Crippen molar-refractivity contribution in [3.05, 3.63) is 59.7 Å². The van der Waals surface area contributed by atoms with Crippen LogP contribution < -0.4 is 9.47 Å². The van der Waals surface area contributed by atoms with Gasteiger partial charge in [0.15, 0.2) is 11.5 Å². The summed E-state index contributed by atoms with van der Waals surface area (Å²) in [6.07, 6.45) is 1.71. The SMILES string of the molecule is COc1ccc(CN2C[C@@H]3C[C@@H](O)CN3C[C@@H]2Cc2ccccc2)cc1OC. The Morgan fingerprint density at radius 1 is 0.929 bits per heavy atom. The highest BCUT2D eigenvalue weighted by Gasteiger charge is 2.39. The van der Waals surface area contributed by atoms with E-state index in [0.29, 0.717) is 12.1 Å². The van der Waals surface area contributed by atoms with Crippen molar-refractivity contribution in [1.29, 1.82) is 0 Å². The molecule has 0 aliphatic carbocycles. The first-order valence-corrected chi connectivity index (χ1v) is 10.1. The summed E-state index contributed by atoms with van der Waals surface area (Å²) in [6, 6.07) is 17.8. The second kappa shape index (κ2) is 8.52. The molecule has 28 heavy (non-hydrogen) atoms. The molecule has 0 unspecified atom stereocenters. The van der Waals surface area contributed by atoms with Gasteiger partial charge in [-0.2, -0.15) is 0 Å². The number of benzene rings is 2. The third kappa shape index (κ3) is 4.17. The molecule has 2 aliphatic rings. The lowest BCUT2D eigenvalue weighted by Gasteiger charge is -2.44. The largest absolute Gasteiger partial charge is 0.493 e. The molecule has 0 aromatic heterocycles. The molecule has 2 saturated heterocycles. The van der Waals surface area contributed by atoms with Gasteiger partial charge in [-0.1, -0.05) is 36.4 Å². The quantitative estimate of drug-likeness (QED) is 0.832. The summed E-state index contributed by atoms with van der Waals surface area (Å²) in [5, 5.41) is 10.1. The number of nitrogens with zero attached hydrogens (tertiary/aromatic N) is 2. The van der Waals surface area contributed by atoms with E-state index in [-0.39, 0.29) is 6.10 Å². The van der Waals surface area contributed by atoms with Crippen molar-refractivity contribution in [3.8, 4) is 11.5 Å². The molecule has 0 bridgehead atoms. The topological polar surface area (TPSA) is 45.2 Å². The Kier molecular flexibility index (Phi) is 5.85. The molecule has 0 spiro atoms. The van der Waals surface area contributed by atoms with Gasteiger partial charge in [-0.05, 0) is 36.1 Å². The summed E-state index contributed by atoms with van der Waals surface area (Å²) >= 11 is 0. The number of aliphatic hydroxyl groups is 1. The molecule has 2 aromatic rings. The fourth-order valence-corrected chi connectivity index (χ4v) is 4.66. The predicted molar refractivity (Wildman–Crippen MR) is 110 cm³/mol. The molecule has 1 N–H and O–H groups in total. The van der Waals surface area contributed by atoms with E-state index in [9.17, 15) is 5.11 Å². The molecule has 150 valence electrons. The van der Waals surface area contributed by atoms with Gasteiger partial charge >= 0.3 is 0 Å². The van der Waals surface area contributed by atoms with Gasteiger partial charge in [0.2, 0.25) is 0 Å². The van der Waals surface area contributed by atoms with Crippen LogP contribution >= 0.6 is 0 Å². The molecule has 0 saturated carbocycles. The van der Waals surface area contributed by atoms with Crippen LogP contribution in [0.15, 0.2) is 48.5 Å². The lowest BCUT2D eigenvalue weighted by molar-refractivity contribution is 0.0444. The van der Waals surface area contributed by atoms with E-state index in [1.165, 1.54) is 11.1 Å². The second-order valence-electron chi connectivity index (χ2n) is 7.96. The van der Waals surface area contributed by atoms with Crippen LogP contribution in [0.4, 0.5) is 0 Å². The summed E-state index contributed by atoms with van der Waals surface area (Å²) in [4.78, 5) is 5.05. The van der Waals surface area contributed by atoms with Crippen LogP contribution in [0.3, 0.4) is 0 Å². The van der Waals surface area contributed by atoms with Crippen LogP contribution in [0, 0.1) is 0 Å². The highest BCUT2D eigenvalue weighted by atomic mass is 16.5. The summed E-state index contributed by atoms with van der Waals surface area (Å²) < 4.78 is 10.9. The minimum absolute atomic E-state index is 0.191. The van der Waals surface area contributed by atoms with Crippen LogP contribution in [0.5, 0.6) is 11.5 Å². The van der Waals surface area contributed by atoms with E-state index in [1.54, 1.807) is 14.2 Å². The predicted octanol–water partition coefficient (Wildman–Crippen LogP) is 2.57. The maximum atomic E-state index is 10.1. The van der Waals surface area contributed by atoms with Crippen molar-refractivity contribution in [2.24, 2.45) is 0 Å². The van der Waals surface area contributed by atoms with Gasteiger partial charge < -0.3 is 14.6 Å². The number of hydrogen-bond acceptors (Lipinski definition) is 5. The molecule has 2 fully saturated rings. The smallest absolute Gasteiger partial charge is 0.161 e. The average molecular weight is 383 g/mol. The van der Waals surface area contributed by atoms with Gasteiger partial charge in [0, 0.05) is 38.3 Å².